The first-order valence-electron chi connectivity index (χ1n) is 13.1. The van der Waals surface area contributed by atoms with Crippen LogP contribution in [0.2, 0.25) is 0 Å². The summed E-state index contributed by atoms with van der Waals surface area (Å²) in [6.45, 7) is 11.5. The maximum atomic E-state index is 5.85. The van der Waals surface area contributed by atoms with E-state index in [9.17, 15) is 0 Å². The first-order valence-corrected chi connectivity index (χ1v) is 13.1. The molecule has 0 aromatic carbocycles. The summed E-state index contributed by atoms with van der Waals surface area (Å²) in [5.74, 6) is 1.09. The Kier molecular flexibility index (Phi) is 11.9. The summed E-state index contributed by atoms with van der Waals surface area (Å²) >= 11 is 0. The molecule has 0 radical (unpaired) electrons. The molecule has 3 saturated heterocycles. The van der Waals surface area contributed by atoms with Crippen LogP contribution < -0.4 is 14.7 Å². The summed E-state index contributed by atoms with van der Waals surface area (Å²) < 4.78 is 50.3. The molecule has 3 unspecified atom stereocenters. The van der Waals surface area contributed by atoms with Crippen molar-refractivity contribution in [3.63, 3.8) is 0 Å². The molecule has 0 saturated carbocycles. The predicted octanol–water partition coefficient (Wildman–Crippen LogP) is 0.349. The number of aromatic nitrogens is 3. The monoisotopic (exact) mass is 544 g/mol. The topological polar surface area (TPSA) is 141 Å². The smallest absolute Gasteiger partial charge is 0.235 e. The third kappa shape index (κ3) is 10.3. The Hall–Kier alpha value is -1.95. The quantitative estimate of drug-likeness (QED) is 0.138. The van der Waals surface area contributed by atoms with Crippen molar-refractivity contribution in [2.24, 2.45) is 0 Å². The number of hydrogen-bond donors (Lipinski definition) is 0. The molecule has 3 fully saturated rings. The average molecular weight is 545 g/mol. The Balaban J connectivity index is 1.58. The zero-order valence-electron chi connectivity index (χ0n) is 22.5. The van der Waals surface area contributed by atoms with E-state index in [4.69, 9.17) is 57.6 Å². The van der Waals surface area contributed by atoms with Crippen LogP contribution >= 0.6 is 0 Å². The summed E-state index contributed by atoms with van der Waals surface area (Å²) in [5.41, 5.74) is 0. The molecule has 1 aromatic heterocycles. The van der Waals surface area contributed by atoms with Crippen molar-refractivity contribution in [2.45, 2.75) is 39.3 Å². The predicted molar refractivity (Wildman–Crippen MR) is 134 cm³/mol. The van der Waals surface area contributed by atoms with Gasteiger partial charge in [-0.15, -0.1) is 0 Å². The molecule has 4 rings (SSSR count). The summed E-state index contributed by atoms with van der Waals surface area (Å²) in [7, 11) is 0. The molecule has 0 N–H and O–H groups in total. The fourth-order valence-corrected chi connectivity index (χ4v) is 3.06. The van der Waals surface area contributed by atoms with Crippen LogP contribution in [0.25, 0.3) is 0 Å². The van der Waals surface area contributed by atoms with Crippen molar-refractivity contribution in [3.05, 3.63) is 0 Å². The van der Waals surface area contributed by atoms with Gasteiger partial charge < -0.3 is 42.6 Å². The first-order chi connectivity index (χ1) is 18.7. The lowest BCUT2D eigenvalue weighted by atomic mass is 10.5. The number of rotatable bonds is 23. The number of nitrogens with zero attached hydrogens (tertiary/aromatic N) is 6. The van der Waals surface area contributed by atoms with Crippen molar-refractivity contribution in [1.29, 1.82) is 0 Å². The molecule has 4 heterocycles. The van der Waals surface area contributed by atoms with Crippen molar-refractivity contribution >= 4 is 17.8 Å². The van der Waals surface area contributed by atoms with Gasteiger partial charge >= 0.3 is 0 Å². The fourth-order valence-electron chi connectivity index (χ4n) is 3.06. The third-order valence-corrected chi connectivity index (χ3v) is 5.43. The third-order valence-electron chi connectivity index (χ3n) is 5.43. The van der Waals surface area contributed by atoms with Gasteiger partial charge in [0, 0.05) is 19.8 Å². The first kappa shape index (κ1) is 29.0. The zero-order valence-corrected chi connectivity index (χ0v) is 22.5. The fraction of sp³-hybridized carbons (Fsp3) is 0.870. The van der Waals surface area contributed by atoms with Gasteiger partial charge in [0.05, 0.1) is 26.4 Å². The molecule has 0 aliphatic carbocycles. The van der Waals surface area contributed by atoms with Gasteiger partial charge in [0.25, 0.3) is 0 Å². The molecule has 3 aliphatic heterocycles. The van der Waals surface area contributed by atoms with Crippen LogP contribution in [-0.4, -0.2) is 127 Å². The van der Waals surface area contributed by atoms with Crippen LogP contribution in [0.3, 0.4) is 0 Å². The molecule has 0 spiro atoms. The highest BCUT2D eigenvalue weighted by atomic mass is 16.8. The second-order valence-corrected chi connectivity index (χ2v) is 8.69. The van der Waals surface area contributed by atoms with Crippen LogP contribution in [0.5, 0.6) is 0 Å². The Labute approximate surface area is 223 Å². The molecule has 0 amide bonds. The van der Waals surface area contributed by atoms with Crippen molar-refractivity contribution < 1.29 is 42.6 Å². The van der Waals surface area contributed by atoms with E-state index in [0.29, 0.717) is 70.7 Å². The molecular weight excluding hydrogens is 504 g/mol. The maximum absolute atomic E-state index is 5.85. The van der Waals surface area contributed by atoms with Gasteiger partial charge in [-0.2, -0.15) is 15.0 Å². The van der Waals surface area contributed by atoms with Gasteiger partial charge in [-0.25, -0.2) is 0 Å². The second-order valence-electron chi connectivity index (χ2n) is 8.69. The summed E-state index contributed by atoms with van der Waals surface area (Å²) in [6, 6.07) is 0. The normalized spacial score (nSPS) is 21.4. The Morgan fingerprint density at radius 2 is 0.947 bits per heavy atom. The summed E-state index contributed by atoms with van der Waals surface area (Å²) in [5, 5.41) is 0. The molecular formula is C23H40N6O9. The van der Waals surface area contributed by atoms with E-state index in [1.165, 1.54) is 0 Å². The highest BCUT2D eigenvalue weighted by Gasteiger charge is 2.28. The van der Waals surface area contributed by atoms with Crippen LogP contribution in [0.1, 0.15) is 20.8 Å². The van der Waals surface area contributed by atoms with Crippen LogP contribution in [0, 0.1) is 0 Å². The number of epoxide rings is 3. The Morgan fingerprint density at radius 1 is 0.579 bits per heavy atom. The summed E-state index contributed by atoms with van der Waals surface area (Å²) in [6.07, 6.45) is 0.0252. The van der Waals surface area contributed by atoms with Crippen molar-refractivity contribution in [1.82, 2.24) is 15.0 Å². The van der Waals surface area contributed by atoms with Gasteiger partial charge in [0.1, 0.15) is 59.2 Å². The Morgan fingerprint density at radius 3 is 1.29 bits per heavy atom. The average Bonchev–Trinajstić information content (AvgIpc) is 3.76. The van der Waals surface area contributed by atoms with Crippen LogP contribution in [0.4, 0.5) is 17.8 Å². The zero-order chi connectivity index (χ0) is 26.6. The molecule has 0 bridgehead atoms. The minimum absolute atomic E-state index is 0.131. The number of ether oxygens (including phenoxy) is 9. The molecule has 3 atom stereocenters. The molecule has 3 aliphatic rings. The van der Waals surface area contributed by atoms with Gasteiger partial charge in [-0.3, -0.25) is 14.7 Å². The molecule has 15 nitrogen and oxygen atoms in total. The highest BCUT2D eigenvalue weighted by molar-refractivity contribution is 5.45. The molecule has 1 aromatic rings. The van der Waals surface area contributed by atoms with Gasteiger partial charge in [-0.1, -0.05) is 0 Å². The maximum Gasteiger partial charge on any atom is 0.235 e. The van der Waals surface area contributed by atoms with Crippen LogP contribution in [0.15, 0.2) is 0 Å². The summed E-state index contributed by atoms with van der Waals surface area (Å²) in [4.78, 5) is 19.6. The molecule has 15 heteroatoms. The van der Waals surface area contributed by atoms with E-state index >= 15 is 0 Å². The van der Waals surface area contributed by atoms with Gasteiger partial charge in [0.15, 0.2) is 6.29 Å². The van der Waals surface area contributed by atoms with E-state index in [1.54, 1.807) is 14.7 Å². The van der Waals surface area contributed by atoms with E-state index in [-0.39, 0.29) is 58.9 Å². The van der Waals surface area contributed by atoms with Crippen LogP contribution in [-0.2, 0) is 42.6 Å². The van der Waals surface area contributed by atoms with Crippen molar-refractivity contribution in [2.75, 3.05) is 108 Å². The Bertz CT molecular complexity index is 767. The minimum Gasteiger partial charge on any atom is -0.371 e. The minimum atomic E-state index is -0.236. The lowest BCUT2D eigenvalue weighted by molar-refractivity contribution is 0.0341. The van der Waals surface area contributed by atoms with Gasteiger partial charge in [0.2, 0.25) is 17.8 Å². The van der Waals surface area contributed by atoms with E-state index in [2.05, 4.69) is 0 Å². The molecule has 38 heavy (non-hydrogen) atoms. The number of hydrogen-bond acceptors (Lipinski definition) is 15. The largest absolute Gasteiger partial charge is 0.371 e. The lowest BCUT2D eigenvalue weighted by Crippen LogP contribution is -2.37. The number of anilines is 3. The lowest BCUT2D eigenvalue weighted by Gasteiger charge is -2.28. The van der Waals surface area contributed by atoms with E-state index in [1.807, 2.05) is 20.8 Å². The van der Waals surface area contributed by atoms with E-state index in [0.717, 1.165) is 0 Å². The van der Waals surface area contributed by atoms with E-state index < -0.39 is 0 Å². The van der Waals surface area contributed by atoms with Crippen molar-refractivity contribution in [3.8, 4) is 0 Å². The SMILES string of the molecule is CCOCN(COCC1CO1)c1nc(N(COCC)COCC2CO2)nc(N(COCC)COC2CO2)n1. The standard InChI is InChI=1S/C23H40N6O9/c1-4-30-12-27(15-33-7-18-9-35-18)21-24-22(28(13-31-5-2)16-34-8-19-10-36-19)26-23(25-21)29(14-32-6-3)17-38-20-11-37-20/h18-20H,4-17H2,1-3H3. The second kappa shape index (κ2) is 15.6. The highest BCUT2D eigenvalue weighted by Crippen LogP contribution is 2.22. The molecule has 216 valence electrons. The van der Waals surface area contributed by atoms with Gasteiger partial charge in [-0.05, 0) is 20.8 Å².